The number of nitrogens with two attached hydrogens (primary N) is 1. The highest BCUT2D eigenvalue weighted by Crippen LogP contribution is 2.39. The van der Waals surface area contributed by atoms with E-state index in [-0.39, 0.29) is 30.2 Å². The standard InChI is InChI=1S/C32H43N5O5/c33-15-11-27(34)25-6-4-5-23(21-25)13-19-41-20-14-30(40)37(26-7-2-1-3-8-26)18-17-35-16-12-24-9-10-28(38)31-32(24)42-22-29(39)36-31/h4-6,9-11,15,21,26,33,35,38H,1-3,7-8,12-14,16-20,22,34H2,(H,36,39)/b27-11-,33-15?. The van der Waals surface area contributed by atoms with Gasteiger partial charge < -0.3 is 41.3 Å². The summed E-state index contributed by atoms with van der Waals surface area (Å²) in [7, 11) is 0. The van der Waals surface area contributed by atoms with Crippen molar-refractivity contribution in [1.82, 2.24) is 10.2 Å². The lowest BCUT2D eigenvalue weighted by Crippen LogP contribution is -2.45. The monoisotopic (exact) mass is 577 g/mol. The molecule has 1 aliphatic heterocycles. The van der Waals surface area contributed by atoms with Gasteiger partial charge in [-0.3, -0.25) is 9.59 Å². The molecule has 2 aliphatic rings. The van der Waals surface area contributed by atoms with Gasteiger partial charge in [-0.1, -0.05) is 43.5 Å². The maximum absolute atomic E-state index is 13.3. The summed E-state index contributed by atoms with van der Waals surface area (Å²) in [6.07, 6.45) is 10.1. The van der Waals surface area contributed by atoms with E-state index in [4.69, 9.17) is 20.6 Å². The molecule has 6 N–H and O–H groups in total. The van der Waals surface area contributed by atoms with Crippen LogP contribution in [-0.2, 0) is 27.2 Å². The summed E-state index contributed by atoms with van der Waals surface area (Å²) in [5, 5.41) is 23.4. The van der Waals surface area contributed by atoms with Gasteiger partial charge in [0.05, 0.1) is 19.6 Å². The van der Waals surface area contributed by atoms with Gasteiger partial charge in [-0.05, 0) is 67.1 Å². The van der Waals surface area contributed by atoms with Crippen molar-refractivity contribution in [3.63, 3.8) is 0 Å². The third-order valence-corrected chi connectivity index (χ3v) is 7.78. The minimum atomic E-state index is -0.282. The van der Waals surface area contributed by atoms with Crippen molar-refractivity contribution in [3.05, 3.63) is 59.2 Å². The van der Waals surface area contributed by atoms with Crippen LogP contribution >= 0.6 is 0 Å². The van der Waals surface area contributed by atoms with Gasteiger partial charge in [-0.2, -0.15) is 0 Å². The first kappa shape index (κ1) is 31.1. The van der Waals surface area contributed by atoms with Crippen molar-refractivity contribution in [2.75, 3.05) is 44.8 Å². The molecule has 2 aromatic rings. The fourth-order valence-electron chi connectivity index (χ4n) is 5.55. The maximum Gasteiger partial charge on any atom is 0.262 e. The molecule has 0 atom stereocenters. The van der Waals surface area contributed by atoms with Crippen molar-refractivity contribution in [2.45, 2.75) is 57.4 Å². The van der Waals surface area contributed by atoms with Gasteiger partial charge in [0, 0.05) is 31.0 Å². The van der Waals surface area contributed by atoms with E-state index in [1.807, 2.05) is 35.2 Å². The number of fused-ring (bicyclic) bond motifs is 1. The van der Waals surface area contributed by atoms with Crippen LogP contribution in [0.1, 0.15) is 55.2 Å². The normalized spacial score (nSPS) is 15.4. The fraction of sp³-hybridized carbons (Fsp3) is 0.469. The number of carbonyl (C=O) groups is 2. The van der Waals surface area contributed by atoms with E-state index in [0.29, 0.717) is 62.8 Å². The zero-order valence-corrected chi connectivity index (χ0v) is 24.2. The van der Waals surface area contributed by atoms with E-state index in [1.165, 1.54) is 12.6 Å². The molecule has 10 heteroatoms. The third-order valence-electron chi connectivity index (χ3n) is 7.78. The zero-order valence-electron chi connectivity index (χ0n) is 24.2. The SMILES string of the molecule is N=C/C=C(\N)c1cccc(CCOCCC(=O)N(CCNCCc2ccc(O)c3c2OCC(=O)N3)C2CCCCC2)c1. The van der Waals surface area contributed by atoms with Gasteiger partial charge in [-0.15, -0.1) is 0 Å². The van der Waals surface area contributed by atoms with Crippen LogP contribution in [0.3, 0.4) is 0 Å². The lowest BCUT2D eigenvalue weighted by molar-refractivity contribution is -0.135. The first-order valence-corrected chi connectivity index (χ1v) is 14.9. The average molecular weight is 578 g/mol. The number of hydrogen-bond donors (Lipinski definition) is 5. The Labute approximate surface area is 247 Å². The van der Waals surface area contributed by atoms with Crippen LogP contribution in [-0.4, -0.2) is 73.5 Å². The van der Waals surface area contributed by atoms with E-state index in [2.05, 4.69) is 10.6 Å². The van der Waals surface area contributed by atoms with Crippen molar-refractivity contribution in [3.8, 4) is 11.5 Å². The van der Waals surface area contributed by atoms with E-state index in [9.17, 15) is 14.7 Å². The van der Waals surface area contributed by atoms with Crippen LogP contribution in [0, 0.1) is 5.41 Å². The predicted octanol–water partition coefficient (Wildman–Crippen LogP) is 3.62. The quantitative estimate of drug-likeness (QED) is 0.123. The summed E-state index contributed by atoms with van der Waals surface area (Å²) in [6.45, 7) is 2.82. The lowest BCUT2D eigenvalue weighted by Gasteiger charge is -2.34. The van der Waals surface area contributed by atoms with Crippen LogP contribution in [0.4, 0.5) is 5.69 Å². The molecule has 42 heavy (non-hydrogen) atoms. The molecule has 0 saturated heterocycles. The van der Waals surface area contributed by atoms with Crippen molar-refractivity contribution in [1.29, 1.82) is 5.41 Å². The molecule has 2 aromatic carbocycles. The number of benzene rings is 2. The number of phenolic OH excluding ortho intramolecular Hbond substituents is 1. The van der Waals surface area contributed by atoms with Gasteiger partial charge in [0.25, 0.3) is 5.91 Å². The topological polar surface area (TPSA) is 150 Å². The maximum atomic E-state index is 13.3. The molecule has 1 fully saturated rings. The highest BCUT2D eigenvalue weighted by Gasteiger charge is 2.25. The molecule has 0 unspecified atom stereocenters. The van der Waals surface area contributed by atoms with Crippen molar-refractivity contribution in [2.24, 2.45) is 5.73 Å². The molecule has 10 nitrogen and oxygen atoms in total. The highest BCUT2D eigenvalue weighted by atomic mass is 16.5. The van der Waals surface area contributed by atoms with Gasteiger partial charge in [0.2, 0.25) is 5.91 Å². The number of nitrogens with zero attached hydrogens (tertiary/aromatic N) is 1. The summed E-state index contributed by atoms with van der Waals surface area (Å²) in [4.78, 5) is 26.9. The Morgan fingerprint density at radius 3 is 2.81 bits per heavy atom. The van der Waals surface area contributed by atoms with Gasteiger partial charge in [0.15, 0.2) is 12.4 Å². The Morgan fingerprint density at radius 1 is 1.17 bits per heavy atom. The number of anilines is 1. The molecule has 226 valence electrons. The number of carbonyl (C=O) groups excluding carboxylic acids is 2. The lowest BCUT2D eigenvalue weighted by atomic mass is 9.94. The second kappa shape index (κ2) is 15.9. The van der Waals surface area contributed by atoms with Gasteiger partial charge >= 0.3 is 0 Å². The second-order valence-corrected chi connectivity index (χ2v) is 10.8. The minimum absolute atomic E-state index is 0.00708. The molecular weight excluding hydrogens is 534 g/mol. The average Bonchev–Trinajstić information content (AvgIpc) is 3.00. The molecule has 1 saturated carbocycles. The number of phenols is 1. The molecule has 0 bridgehead atoms. The number of amides is 2. The van der Waals surface area contributed by atoms with Crippen LogP contribution in [0.2, 0.25) is 0 Å². The van der Waals surface area contributed by atoms with Crippen molar-refractivity contribution >= 4 is 29.4 Å². The first-order chi connectivity index (χ1) is 20.5. The number of nitrogens with one attached hydrogen (secondary N) is 3. The van der Waals surface area contributed by atoms with Crippen LogP contribution in [0.15, 0.2) is 42.5 Å². The number of aromatic hydroxyl groups is 1. The van der Waals surface area contributed by atoms with E-state index >= 15 is 0 Å². The number of rotatable bonds is 15. The first-order valence-electron chi connectivity index (χ1n) is 14.9. The van der Waals surface area contributed by atoms with Crippen LogP contribution in [0.5, 0.6) is 11.5 Å². The molecule has 0 spiro atoms. The Hall–Kier alpha value is -3.89. The molecule has 1 aliphatic carbocycles. The second-order valence-electron chi connectivity index (χ2n) is 10.8. The summed E-state index contributed by atoms with van der Waals surface area (Å²) in [5.41, 5.74) is 9.76. The van der Waals surface area contributed by atoms with Gasteiger partial charge in [-0.25, -0.2) is 0 Å². The minimum Gasteiger partial charge on any atom is -0.506 e. The van der Waals surface area contributed by atoms with E-state index < -0.39 is 0 Å². The summed E-state index contributed by atoms with van der Waals surface area (Å²) < 4.78 is 11.4. The Morgan fingerprint density at radius 2 is 2.00 bits per heavy atom. The summed E-state index contributed by atoms with van der Waals surface area (Å²) in [6, 6.07) is 11.5. The molecule has 0 radical (unpaired) electrons. The molecule has 0 aromatic heterocycles. The zero-order chi connectivity index (χ0) is 29.7. The Kier molecular flexibility index (Phi) is 11.8. The van der Waals surface area contributed by atoms with Gasteiger partial charge in [0.1, 0.15) is 11.4 Å². The third kappa shape index (κ3) is 8.80. The number of ether oxygens (including phenoxy) is 2. The van der Waals surface area contributed by atoms with E-state index in [1.54, 1.807) is 12.1 Å². The smallest absolute Gasteiger partial charge is 0.262 e. The number of hydrogen-bond acceptors (Lipinski definition) is 8. The summed E-state index contributed by atoms with van der Waals surface area (Å²) >= 11 is 0. The number of allylic oxidation sites excluding steroid dienone is 1. The van der Waals surface area contributed by atoms with E-state index in [0.717, 1.165) is 48.8 Å². The predicted molar refractivity (Wildman–Crippen MR) is 164 cm³/mol. The molecular formula is C32H43N5O5. The summed E-state index contributed by atoms with van der Waals surface area (Å²) in [5.74, 6) is 0.362. The largest absolute Gasteiger partial charge is 0.506 e. The Balaban J connectivity index is 1.21. The van der Waals surface area contributed by atoms with Crippen LogP contribution in [0.25, 0.3) is 5.70 Å². The highest BCUT2D eigenvalue weighted by molar-refractivity contribution is 5.97. The molecule has 1 heterocycles. The molecule has 4 rings (SSSR count). The van der Waals surface area contributed by atoms with Crippen LogP contribution < -0.4 is 21.1 Å². The molecule has 2 amide bonds. The Bertz CT molecular complexity index is 1260. The van der Waals surface area contributed by atoms with Crippen molar-refractivity contribution < 1.29 is 24.2 Å². The fourth-order valence-corrected chi connectivity index (χ4v) is 5.55.